The van der Waals surface area contributed by atoms with Crippen molar-refractivity contribution < 1.29 is 10.2 Å². The second-order valence-corrected chi connectivity index (χ2v) is 4.86. The average Bonchev–Trinajstić information content (AvgIpc) is 2.39. The van der Waals surface area contributed by atoms with Crippen LogP contribution in [0.2, 0.25) is 0 Å². The standard InChI is InChI=1S/C13H20N2O2/c16-10-13(6-2-1-3-7-13)15-8-11-4-5-12(17)9-14-11/h4-5,9,15-17H,1-3,6-8,10H2. The van der Waals surface area contributed by atoms with Crippen molar-refractivity contribution in [2.75, 3.05) is 6.61 Å². The SMILES string of the molecule is OCC1(NCc2ccc(O)cn2)CCCCC1. The van der Waals surface area contributed by atoms with Gasteiger partial charge in [0.1, 0.15) is 5.75 Å². The van der Waals surface area contributed by atoms with Gasteiger partial charge < -0.3 is 15.5 Å². The van der Waals surface area contributed by atoms with E-state index in [1.54, 1.807) is 12.1 Å². The van der Waals surface area contributed by atoms with E-state index in [0.717, 1.165) is 18.5 Å². The van der Waals surface area contributed by atoms with Gasteiger partial charge in [-0.3, -0.25) is 4.98 Å². The summed E-state index contributed by atoms with van der Waals surface area (Å²) in [5, 5.41) is 22.1. The molecule has 4 nitrogen and oxygen atoms in total. The van der Waals surface area contributed by atoms with E-state index in [4.69, 9.17) is 5.11 Å². The number of aliphatic hydroxyl groups excluding tert-OH is 1. The van der Waals surface area contributed by atoms with Crippen LogP contribution < -0.4 is 5.32 Å². The Bertz CT molecular complexity index is 345. The Kier molecular flexibility index (Phi) is 3.97. The van der Waals surface area contributed by atoms with E-state index in [-0.39, 0.29) is 17.9 Å². The summed E-state index contributed by atoms with van der Waals surface area (Å²) in [6, 6.07) is 3.44. The first kappa shape index (κ1) is 12.3. The van der Waals surface area contributed by atoms with Gasteiger partial charge in [-0.15, -0.1) is 0 Å². The normalized spacial score (nSPS) is 19.1. The molecular weight excluding hydrogens is 216 g/mol. The van der Waals surface area contributed by atoms with Crippen molar-refractivity contribution >= 4 is 0 Å². The Morgan fingerprint density at radius 3 is 2.59 bits per heavy atom. The summed E-state index contributed by atoms with van der Waals surface area (Å²) in [5.74, 6) is 0.184. The molecule has 1 aliphatic rings. The van der Waals surface area contributed by atoms with Gasteiger partial charge in [-0.2, -0.15) is 0 Å². The smallest absolute Gasteiger partial charge is 0.133 e. The van der Waals surface area contributed by atoms with Crippen LogP contribution in [0.1, 0.15) is 37.8 Å². The molecule has 0 aromatic carbocycles. The van der Waals surface area contributed by atoms with Crippen molar-refractivity contribution in [3.63, 3.8) is 0 Å². The lowest BCUT2D eigenvalue weighted by Crippen LogP contribution is -2.49. The van der Waals surface area contributed by atoms with Crippen LogP contribution in [0.25, 0.3) is 0 Å². The minimum absolute atomic E-state index is 0.127. The maximum absolute atomic E-state index is 9.54. The molecule has 2 rings (SSSR count). The highest BCUT2D eigenvalue weighted by atomic mass is 16.3. The van der Waals surface area contributed by atoms with Crippen molar-refractivity contribution in [1.82, 2.24) is 10.3 Å². The summed E-state index contributed by atoms with van der Waals surface area (Å²) >= 11 is 0. The van der Waals surface area contributed by atoms with Crippen LogP contribution in [0.4, 0.5) is 0 Å². The average molecular weight is 236 g/mol. The highest BCUT2D eigenvalue weighted by Gasteiger charge is 2.30. The molecule has 0 atom stereocenters. The van der Waals surface area contributed by atoms with Gasteiger partial charge in [0.15, 0.2) is 0 Å². The van der Waals surface area contributed by atoms with Gasteiger partial charge >= 0.3 is 0 Å². The second-order valence-electron chi connectivity index (χ2n) is 4.86. The maximum Gasteiger partial charge on any atom is 0.133 e. The zero-order chi connectivity index (χ0) is 12.1. The van der Waals surface area contributed by atoms with Gasteiger partial charge in [0, 0.05) is 12.1 Å². The number of aliphatic hydroxyl groups is 1. The van der Waals surface area contributed by atoms with Crippen LogP contribution in [0, 0.1) is 0 Å². The highest BCUT2D eigenvalue weighted by Crippen LogP contribution is 2.28. The van der Waals surface area contributed by atoms with Gasteiger partial charge in [0.05, 0.1) is 18.5 Å². The van der Waals surface area contributed by atoms with Crippen molar-refractivity contribution in [3.05, 3.63) is 24.0 Å². The first-order valence-corrected chi connectivity index (χ1v) is 6.24. The molecule has 1 aromatic heterocycles. The van der Waals surface area contributed by atoms with Crippen LogP contribution in [0.15, 0.2) is 18.3 Å². The van der Waals surface area contributed by atoms with Gasteiger partial charge in [0.2, 0.25) is 0 Å². The Labute approximate surface area is 102 Å². The zero-order valence-electron chi connectivity index (χ0n) is 10.0. The molecule has 0 unspecified atom stereocenters. The number of hydrogen-bond acceptors (Lipinski definition) is 4. The minimum Gasteiger partial charge on any atom is -0.506 e. The largest absolute Gasteiger partial charge is 0.506 e. The molecule has 0 spiro atoms. The number of hydrogen-bond donors (Lipinski definition) is 3. The molecule has 0 saturated heterocycles. The number of rotatable bonds is 4. The molecule has 4 heteroatoms. The second kappa shape index (κ2) is 5.47. The number of nitrogens with one attached hydrogen (secondary N) is 1. The fraction of sp³-hybridized carbons (Fsp3) is 0.615. The summed E-state index contributed by atoms with van der Waals surface area (Å²) in [5.41, 5.74) is 0.763. The topological polar surface area (TPSA) is 65.4 Å². The zero-order valence-corrected chi connectivity index (χ0v) is 10.0. The Morgan fingerprint density at radius 1 is 1.24 bits per heavy atom. The van der Waals surface area contributed by atoms with Crippen LogP contribution in [-0.2, 0) is 6.54 Å². The van der Waals surface area contributed by atoms with Crippen molar-refractivity contribution in [3.8, 4) is 5.75 Å². The van der Waals surface area contributed by atoms with Crippen LogP contribution in [-0.4, -0.2) is 27.3 Å². The monoisotopic (exact) mass is 236 g/mol. The molecule has 0 bridgehead atoms. The molecule has 0 radical (unpaired) electrons. The summed E-state index contributed by atoms with van der Waals surface area (Å²) in [7, 11) is 0. The van der Waals surface area contributed by atoms with Crippen molar-refractivity contribution in [2.45, 2.75) is 44.2 Å². The fourth-order valence-corrected chi connectivity index (χ4v) is 2.42. The summed E-state index contributed by atoms with van der Waals surface area (Å²) < 4.78 is 0. The molecule has 1 fully saturated rings. The van der Waals surface area contributed by atoms with Crippen LogP contribution >= 0.6 is 0 Å². The number of pyridine rings is 1. The van der Waals surface area contributed by atoms with Gasteiger partial charge in [0.25, 0.3) is 0 Å². The number of aromatic hydroxyl groups is 1. The molecule has 1 aromatic rings. The van der Waals surface area contributed by atoms with E-state index in [2.05, 4.69) is 10.3 Å². The quantitative estimate of drug-likeness (QED) is 0.742. The van der Waals surface area contributed by atoms with Crippen LogP contribution in [0.3, 0.4) is 0 Å². The lowest BCUT2D eigenvalue weighted by atomic mass is 9.82. The molecule has 1 aliphatic carbocycles. The third kappa shape index (κ3) is 3.17. The van der Waals surface area contributed by atoms with Crippen molar-refractivity contribution in [2.24, 2.45) is 0 Å². The molecular formula is C13H20N2O2. The Hall–Kier alpha value is -1.13. The Balaban J connectivity index is 1.93. The third-order valence-corrected chi connectivity index (χ3v) is 3.57. The predicted molar refractivity (Wildman–Crippen MR) is 65.6 cm³/mol. The molecule has 17 heavy (non-hydrogen) atoms. The van der Waals surface area contributed by atoms with E-state index in [1.807, 2.05) is 0 Å². The van der Waals surface area contributed by atoms with Gasteiger partial charge in [-0.25, -0.2) is 0 Å². The third-order valence-electron chi connectivity index (χ3n) is 3.57. The molecule has 0 aliphatic heterocycles. The van der Waals surface area contributed by atoms with E-state index in [1.165, 1.54) is 25.5 Å². The summed E-state index contributed by atoms with van der Waals surface area (Å²) in [4.78, 5) is 4.13. The lowest BCUT2D eigenvalue weighted by Gasteiger charge is -2.36. The highest BCUT2D eigenvalue weighted by molar-refractivity contribution is 5.18. The molecule has 94 valence electrons. The summed E-state index contributed by atoms with van der Waals surface area (Å²) in [6.07, 6.45) is 7.13. The van der Waals surface area contributed by atoms with Gasteiger partial charge in [-0.05, 0) is 25.0 Å². The molecule has 1 saturated carbocycles. The summed E-state index contributed by atoms with van der Waals surface area (Å²) in [6.45, 7) is 0.825. The number of nitrogens with zero attached hydrogens (tertiary/aromatic N) is 1. The van der Waals surface area contributed by atoms with E-state index < -0.39 is 0 Å². The molecule has 1 heterocycles. The van der Waals surface area contributed by atoms with Gasteiger partial charge in [-0.1, -0.05) is 19.3 Å². The van der Waals surface area contributed by atoms with E-state index >= 15 is 0 Å². The fourth-order valence-electron chi connectivity index (χ4n) is 2.42. The number of aromatic nitrogens is 1. The minimum atomic E-state index is -0.127. The van der Waals surface area contributed by atoms with Crippen LogP contribution in [0.5, 0.6) is 5.75 Å². The molecule has 3 N–H and O–H groups in total. The molecule has 0 amide bonds. The predicted octanol–water partition coefficient (Wildman–Crippen LogP) is 1.57. The first-order valence-electron chi connectivity index (χ1n) is 6.24. The van der Waals surface area contributed by atoms with Crippen molar-refractivity contribution in [1.29, 1.82) is 0 Å². The lowest BCUT2D eigenvalue weighted by molar-refractivity contribution is 0.119. The van der Waals surface area contributed by atoms with E-state index in [0.29, 0.717) is 6.54 Å². The van der Waals surface area contributed by atoms with E-state index in [9.17, 15) is 5.11 Å². The first-order chi connectivity index (χ1) is 8.24. The maximum atomic E-state index is 9.54. The Morgan fingerprint density at radius 2 is 2.00 bits per heavy atom.